The Bertz CT molecular complexity index is 785. The van der Waals surface area contributed by atoms with Crippen LogP contribution in [0.4, 0.5) is 5.69 Å². The van der Waals surface area contributed by atoms with Crippen LogP contribution in [0.5, 0.6) is 0 Å². The molecule has 2 aromatic rings. The third-order valence-corrected chi connectivity index (χ3v) is 5.17. The van der Waals surface area contributed by atoms with Gasteiger partial charge in [-0.15, -0.1) is 0 Å². The molecule has 6 heteroatoms. The molecule has 0 unspecified atom stereocenters. The van der Waals surface area contributed by atoms with Crippen LogP contribution >= 0.6 is 0 Å². The van der Waals surface area contributed by atoms with Gasteiger partial charge < -0.3 is 9.90 Å². The van der Waals surface area contributed by atoms with E-state index in [0.717, 1.165) is 15.4 Å². The highest BCUT2D eigenvalue weighted by Gasteiger charge is 2.25. The van der Waals surface area contributed by atoms with Crippen LogP contribution in [0.1, 0.15) is 11.1 Å². The maximum Gasteiger partial charge on any atom is 0.264 e. The van der Waals surface area contributed by atoms with E-state index >= 15 is 0 Å². The molecule has 0 aliphatic carbocycles. The summed E-state index contributed by atoms with van der Waals surface area (Å²) in [7, 11) is -3.97. The van der Waals surface area contributed by atoms with Gasteiger partial charge in [-0.25, -0.2) is 8.42 Å². The molecule has 0 radical (unpaired) electrons. The van der Waals surface area contributed by atoms with E-state index < -0.39 is 22.5 Å². The maximum absolute atomic E-state index is 12.7. The number of hydrogen-bond acceptors (Lipinski definition) is 4. The molecule has 0 aromatic heterocycles. The van der Waals surface area contributed by atoms with Crippen molar-refractivity contribution in [1.29, 1.82) is 0 Å². The van der Waals surface area contributed by atoms with E-state index in [2.05, 4.69) is 0 Å². The first-order chi connectivity index (χ1) is 10.3. The molecule has 0 heterocycles. The molecule has 0 saturated carbocycles. The van der Waals surface area contributed by atoms with E-state index in [9.17, 15) is 18.3 Å². The Morgan fingerprint density at radius 1 is 1.05 bits per heavy atom. The summed E-state index contributed by atoms with van der Waals surface area (Å²) in [6.45, 7) is 3.00. The number of hydrogen-bond donors (Lipinski definition) is 0. The number of rotatable bonds is 5. The Morgan fingerprint density at radius 3 is 2.23 bits per heavy atom. The Morgan fingerprint density at radius 2 is 1.68 bits per heavy atom. The normalized spacial score (nSPS) is 11.2. The third-order valence-electron chi connectivity index (χ3n) is 3.38. The fraction of sp³-hybridized carbons (Fsp3) is 0.188. The van der Waals surface area contributed by atoms with Crippen LogP contribution in [0.25, 0.3) is 0 Å². The van der Waals surface area contributed by atoms with Crippen molar-refractivity contribution in [2.24, 2.45) is 0 Å². The SMILES string of the molecule is Cc1ccc(N(CC(=O)[O-])S(=O)(=O)c2ccccc2)cc1C. The number of anilines is 1. The topological polar surface area (TPSA) is 77.5 Å². The van der Waals surface area contributed by atoms with Gasteiger partial charge in [-0.05, 0) is 49.2 Å². The van der Waals surface area contributed by atoms with Crippen LogP contribution in [-0.4, -0.2) is 20.9 Å². The number of carbonyl (C=O) groups excluding carboxylic acids is 1. The average molecular weight is 318 g/mol. The number of carboxylic acids is 1. The zero-order valence-electron chi connectivity index (χ0n) is 12.3. The molecule has 5 nitrogen and oxygen atoms in total. The van der Waals surface area contributed by atoms with Crippen LogP contribution in [0.3, 0.4) is 0 Å². The van der Waals surface area contributed by atoms with Crippen LogP contribution in [0, 0.1) is 13.8 Å². The molecule has 0 spiro atoms. The summed E-state index contributed by atoms with van der Waals surface area (Å²) in [4.78, 5) is 11.0. The van der Waals surface area contributed by atoms with Gasteiger partial charge in [-0.3, -0.25) is 4.31 Å². The number of sulfonamides is 1. The van der Waals surface area contributed by atoms with Crippen LogP contribution in [-0.2, 0) is 14.8 Å². The molecular weight excluding hydrogens is 302 g/mol. The molecule has 0 N–H and O–H groups in total. The Hall–Kier alpha value is -2.34. The highest BCUT2D eigenvalue weighted by molar-refractivity contribution is 7.92. The molecule has 0 saturated heterocycles. The first kappa shape index (κ1) is 16.0. The average Bonchev–Trinajstić information content (AvgIpc) is 2.48. The smallest absolute Gasteiger partial charge is 0.264 e. The van der Waals surface area contributed by atoms with Gasteiger partial charge >= 0.3 is 0 Å². The third kappa shape index (κ3) is 3.28. The van der Waals surface area contributed by atoms with E-state index in [-0.39, 0.29) is 4.90 Å². The van der Waals surface area contributed by atoms with Gasteiger partial charge in [0.2, 0.25) is 0 Å². The lowest BCUT2D eigenvalue weighted by Crippen LogP contribution is -2.41. The molecule has 116 valence electrons. The van der Waals surface area contributed by atoms with Gasteiger partial charge in [0.05, 0.1) is 23.1 Å². The minimum Gasteiger partial charge on any atom is -0.548 e. The number of carboxylic acid groups (broad SMARTS) is 1. The summed E-state index contributed by atoms with van der Waals surface area (Å²) >= 11 is 0. The summed E-state index contributed by atoms with van der Waals surface area (Å²) in [5.74, 6) is -1.46. The predicted octanol–water partition coefficient (Wildman–Crippen LogP) is 1.25. The van der Waals surface area contributed by atoms with E-state index in [1.807, 2.05) is 13.8 Å². The highest BCUT2D eigenvalue weighted by atomic mass is 32.2. The van der Waals surface area contributed by atoms with Crippen LogP contribution < -0.4 is 9.41 Å². The number of nitrogens with zero attached hydrogens (tertiary/aromatic N) is 1. The Kier molecular flexibility index (Phi) is 4.51. The monoisotopic (exact) mass is 318 g/mol. The zero-order chi connectivity index (χ0) is 16.3. The summed E-state index contributed by atoms with van der Waals surface area (Å²) in [5.41, 5.74) is 2.18. The second-order valence-electron chi connectivity index (χ2n) is 4.97. The molecule has 2 aromatic carbocycles. The molecule has 0 bridgehead atoms. The molecular formula is C16H16NO4S-. The van der Waals surface area contributed by atoms with Gasteiger partial charge in [0.1, 0.15) is 0 Å². The van der Waals surface area contributed by atoms with Gasteiger partial charge in [0, 0.05) is 0 Å². The van der Waals surface area contributed by atoms with E-state index in [1.54, 1.807) is 36.4 Å². The van der Waals surface area contributed by atoms with Crippen LogP contribution in [0.2, 0.25) is 0 Å². The van der Waals surface area contributed by atoms with Crippen molar-refractivity contribution >= 4 is 21.7 Å². The van der Waals surface area contributed by atoms with Crippen molar-refractivity contribution in [3.63, 3.8) is 0 Å². The van der Waals surface area contributed by atoms with Gasteiger partial charge in [0.25, 0.3) is 10.0 Å². The minimum atomic E-state index is -3.97. The summed E-state index contributed by atoms with van der Waals surface area (Å²) in [6, 6.07) is 12.7. The van der Waals surface area contributed by atoms with Crippen molar-refractivity contribution in [1.82, 2.24) is 0 Å². The van der Waals surface area contributed by atoms with E-state index in [1.165, 1.54) is 12.1 Å². The van der Waals surface area contributed by atoms with Crippen molar-refractivity contribution in [2.75, 3.05) is 10.8 Å². The van der Waals surface area contributed by atoms with Crippen molar-refractivity contribution in [3.05, 3.63) is 59.7 Å². The molecule has 0 aliphatic rings. The second kappa shape index (κ2) is 6.19. The Balaban J connectivity index is 2.55. The van der Waals surface area contributed by atoms with Crippen molar-refractivity contribution in [3.8, 4) is 0 Å². The second-order valence-corrected chi connectivity index (χ2v) is 6.83. The predicted molar refractivity (Wildman–Crippen MR) is 81.9 cm³/mol. The largest absolute Gasteiger partial charge is 0.548 e. The fourth-order valence-corrected chi connectivity index (χ4v) is 3.45. The molecule has 2 rings (SSSR count). The molecule has 0 atom stereocenters. The lowest BCUT2D eigenvalue weighted by Gasteiger charge is -2.25. The zero-order valence-corrected chi connectivity index (χ0v) is 13.1. The lowest BCUT2D eigenvalue weighted by molar-refractivity contribution is -0.303. The van der Waals surface area contributed by atoms with Crippen molar-refractivity contribution in [2.45, 2.75) is 18.7 Å². The summed E-state index contributed by atoms with van der Waals surface area (Å²) in [6.07, 6.45) is 0. The Labute approximate surface area is 129 Å². The van der Waals surface area contributed by atoms with Gasteiger partial charge in [-0.1, -0.05) is 24.3 Å². The number of aryl methyl sites for hydroxylation is 2. The number of benzene rings is 2. The first-order valence-corrected chi connectivity index (χ1v) is 8.11. The molecule has 22 heavy (non-hydrogen) atoms. The first-order valence-electron chi connectivity index (χ1n) is 6.67. The molecule has 0 aliphatic heterocycles. The number of carbonyl (C=O) groups is 1. The molecule has 0 amide bonds. The van der Waals surface area contributed by atoms with Crippen LogP contribution in [0.15, 0.2) is 53.4 Å². The van der Waals surface area contributed by atoms with Crippen molar-refractivity contribution < 1.29 is 18.3 Å². The highest BCUT2D eigenvalue weighted by Crippen LogP contribution is 2.25. The van der Waals surface area contributed by atoms with Gasteiger partial charge in [0.15, 0.2) is 0 Å². The molecule has 0 fully saturated rings. The van der Waals surface area contributed by atoms with E-state index in [0.29, 0.717) is 5.69 Å². The van der Waals surface area contributed by atoms with E-state index in [4.69, 9.17) is 0 Å². The lowest BCUT2D eigenvalue weighted by atomic mass is 10.1. The summed E-state index contributed by atoms with van der Waals surface area (Å²) < 4.78 is 26.2. The minimum absolute atomic E-state index is 0.0366. The summed E-state index contributed by atoms with van der Waals surface area (Å²) in [5, 5.41) is 11.0. The van der Waals surface area contributed by atoms with Gasteiger partial charge in [-0.2, -0.15) is 0 Å². The number of aliphatic carboxylic acids is 1. The quantitative estimate of drug-likeness (QED) is 0.831. The standard InChI is InChI=1S/C16H17NO4S/c1-12-8-9-14(10-13(12)2)17(11-16(18)19)22(20,21)15-6-4-3-5-7-15/h3-10H,11H2,1-2H3,(H,18,19)/p-1. The fourth-order valence-electron chi connectivity index (χ4n) is 2.03. The maximum atomic E-state index is 12.7.